The van der Waals surface area contributed by atoms with E-state index in [1.165, 1.54) is 42.5 Å². The van der Waals surface area contributed by atoms with Crippen molar-refractivity contribution in [3.05, 3.63) is 51.1 Å². The van der Waals surface area contributed by atoms with E-state index in [9.17, 15) is 4.79 Å². The summed E-state index contributed by atoms with van der Waals surface area (Å²) in [5, 5.41) is 10.8. The fourth-order valence-electron chi connectivity index (χ4n) is 4.64. The molecule has 1 atom stereocenters. The van der Waals surface area contributed by atoms with Crippen LogP contribution in [0.15, 0.2) is 40.3 Å². The largest absolute Gasteiger partial charge is 0.268 e. The number of hydrogen-bond donors (Lipinski definition) is 0. The number of aryl methyl sites for hydroxylation is 1. The van der Waals surface area contributed by atoms with Gasteiger partial charge in [0.2, 0.25) is 5.78 Å². The molecule has 5 rings (SSSR count). The molecule has 0 aliphatic heterocycles. The van der Waals surface area contributed by atoms with Crippen LogP contribution in [0.25, 0.3) is 21.7 Å². The smallest absolute Gasteiger partial charge is 0.268 e. The number of rotatable bonds is 7. The van der Waals surface area contributed by atoms with Crippen LogP contribution in [0.3, 0.4) is 0 Å². The average molecular weight is 453 g/mol. The monoisotopic (exact) mass is 452 g/mol. The minimum Gasteiger partial charge on any atom is -0.268 e. The van der Waals surface area contributed by atoms with Crippen LogP contribution in [-0.4, -0.2) is 24.9 Å². The lowest BCUT2D eigenvalue weighted by atomic mass is 9.88. The lowest BCUT2D eigenvalue weighted by Crippen LogP contribution is -2.22. The summed E-state index contributed by atoms with van der Waals surface area (Å²) in [4.78, 5) is 16.2. The van der Waals surface area contributed by atoms with Crippen LogP contribution in [0.2, 0.25) is 0 Å². The maximum absolute atomic E-state index is 13.8. The molecule has 3 heterocycles. The molecule has 3 aromatic heterocycles. The maximum Gasteiger partial charge on any atom is 0.268 e. The summed E-state index contributed by atoms with van der Waals surface area (Å²) in [6.07, 6.45) is 8.33. The van der Waals surface area contributed by atoms with Crippen LogP contribution in [0.5, 0.6) is 0 Å². The predicted molar refractivity (Wildman–Crippen MR) is 130 cm³/mol. The number of unbranched alkanes of at least 4 members (excludes halogenated alkanes) is 3. The molecule has 1 aromatic carbocycles. The highest BCUT2D eigenvalue weighted by Gasteiger charge is 2.28. The Balaban J connectivity index is 1.73. The maximum atomic E-state index is 13.8. The Morgan fingerprint density at radius 2 is 2.00 bits per heavy atom. The quantitative estimate of drug-likeness (QED) is 0.247. The van der Waals surface area contributed by atoms with Gasteiger partial charge in [-0.25, -0.2) is 8.97 Å². The average Bonchev–Trinajstić information content (AvgIpc) is 3.37. The van der Waals surface area contributed by atoms with Gasteiger partial charge in [0.05, 0.1) is 11.1 Å². The van der Waals surface area contributed by atoms with Crippen LogP contribution in [0, 0.1) is 0 Å². The van der Waals surface area contributed by atoms with Gasteiger partial charge in [0.1, 0.15) is 4.83 Å². The SMILES string of the molecule is CCCCCCSc1nnc2n(-c3ccccc3)c(=O)c3c4c(sc3n12)CCCC4C. The first-order valence-electron chi connectivity index (χ1n) is 11.3. The van der Waals surface area contributed by atoms with E-state index in [1.54, 1.807) is 27.7 Å². The van der Waals surface area contributed by atoms with Crippen LogP contribution >= 0.6 is 23.1 Å². The van der Waals surface area contributed by atoms with E-state index in [2.05, 4.69) is 28.4 Å². The highest BCUT2D eigenvalue weighted by atomic mass is 32.2. The zero-order valence-corrected chi connectivity index (χ0v) is 19.8. The van der Waals surface area contributed by atoms with Crippen molar-refractivity contribution in [1.29, 1.82) is 0 Å². The first-order valence-corrected chi connectivity index (χ1v) is 13.1. The molecule has 0 N–H and O–H groups in total. The standard InChI is InChI=1S/C24H28N4OS2/c1-3-4-5-9-15-30-24-26-25-23-27(17-12-7-6-8-13-17)21(29)20-19-16(2)11-10-14-18(19)31-22(20)28(23)24/h6-8,12-13,16H,3-5,9-11,14-15H2,1-2H3. The molecule has 1 aliphatic carbocycles. The lowest BCUT2D eigenvalue weighted by molar-refractivity contribution is 0.601. The summed E-state index contributed by atoms with van der Waals surface area (Å²) in [6.45, 7) is 4.49. The van der Waals surface area contributed by atoms with Gasteiger partial charge in [-0.1, -0.05) is 63.1 Å². The molecule has 31 heavy (non-hydrogen) atoms. The van der Waals surface area contributed by atoms with E-state index >= 15 is 0 Å². The van der Waals surface area contributed by atoms with Crippen LogP contribution < -0.4 is 5.56 Å². The minimum absolute atomic E-state index is 0.0341. The molecule has 0 bridgehead atoms. The Hall–Kier alpha value is -2.12. The van der Waals surface area contributed by atoms with E-state index < -0.39 is 0 Å². The van der Waals surface area contributed by atoms with Gasteiger partial charge in [0.25, 0.3) is 5.56 Å². The second-order valence-electron chi connectivity index (χ2n) is 8.42. The Bertz CT molecular complexity index is 1270. The Morgan fingerprint density at radius 1 is 1.16 bits per heavy atom. The van der Waals surface area contributed by atoms with Crippen molar-refractivity contribution < 1.29 is 0 Å². The number of aromatic nitrogens is 4. The molecule has 0 saturated carbocycles. The molecule has 5 nitrogen and oxygen atoms in total. The van der Waals surface area contributed by atoms with Crippen LogP contribution in [0.1, 0.15) is 68.7 Å². The highest BCUT2D eigenvalue weighted by Crippen LogP contribution is 2.41. The molecule has 0 radical (unpaired) electrons. The lowest BCUT2D eigenvalue weighted by Gasteiger charge is -2.18. The summed E-state index contributed by atoms with van der Waals surface area (Å²) >= 11 is 3.53. The van der Waals surface area contributed by atoms with Crippen LogP contribution in [-0.2, 0) is 6.42 Å². The summed E-state index contributed by atoms with van der Waals surface area (Å²) in [5.41, 5.74) is 2.14. The van der Waals surface area contributed by atoms with Crippen LogP contribution in [0.4, 0.5) is 0 Å². The second-order valence-corrected chi connectivity index (χ2v) is 10.6. The van der Waals surface area contributed by atoms with E-state index in [0.717, 1.165) is 39.7 Å². The third kappa shape index (κ3) is 3.61. The van der Waals surface area contributed by atoms with Gasteiger partial charge < -0.3 is 0 Å². The highest BCUT2D eigenvalue weighted by molar-refractivity contribution is 7.99. The molecule has 4 aromatic rings. The van der Waals surface area contributed by atoms with Crippen molar-refractivity contribution in [3.63, 3.8) is 0 Å². The molecule has 1 unspecified atom stereocenters. The summed E-state index contributed by atoms with van der Waals surface area (Å²) < 4.78 is 3.90. The van der Waals surface area contributed by atoms with Gasteiger partial charge in [-0.2, -0.15) is 0 Å². The third-order valence-electron chi connectivity index (χ3n) is 6.22. The fraction of sp³-hybridized carbons (Fsp3) is 0.458. The first-order chi connectivity index (χ1) is 15.2. The summed E-state index contributed by atoms with van der Waals surface area (Å²) in [5.74, 6) is 2.05. The second kappa shape index (κ2) is 8.79. The number of thiophene rings is 1. The van der Waals surface area contributed by atoms with Gasteiger partial charge in [0.15, 0.2) is 5.16 Å². The normalized spacial score (nSPS) is 16.3. The molecule has 0 fully saturated rings. The van der Waals surface area contributed by atoms with Crippen molar-refractivity contribution >= 4 is 39.1 Å². The van der Waals surface area contributed by atoms with Gasteiger partial charge >= 0.3 is 0 Å². The summed E-state index contributed by atoms with van der Waals surface area (Å²) in [7, 11) is 0. The molecular formula is C24H28N4OS2. The number of fused-ring (bicyclic) bond motifs is 5. The Labute approximate surface area is 190 Å². The molecule has 1 aliphatic rings. The van der Waals surface area contributed by atoms with Gasteiger partial charge in [-0.15, -0.1) is 21.5 Å². The molecule has 7 heteroatoms. The number of nitrogens with zero attached hydrogens (tertiary/aromatic N) is 4. The van der Waals surface area contributed by atoms with Crippen molar-refractivity contribution in [3.8, 4) is 5.69 Å². The first kappa shape index (κ1) is 20.8. The number of hydrogen-bond acceptors (Lipinski definition) is 5. The zero-order valence-electron chi connectivity index (χ0n) is 18.1. The number of para-hydroxylation sites is 1. The Kier molecular flexibility index (Phi) is 5.89. The zero-order chi connectivity index (χ0) is 21.4. The van der Waals surface area contributed by atoms with Crippen molar-refractivity contribution in [2.24, 2.45) is 0 Å². The van der Waals surface area contributed by atoms with Gasteiger partial charge in [0, 0.05) is 10.6 Å². The molecular weight excluding hydrogens is 424 g/mol. The van der Waals surface area contributed by atoms with E-state index in [1.807, 2.05) is 30.3 Å². The van der Waals surface area contributed by atoms with E-state index in [0.29, 0.717) is 11.7 Å². The molecule has 0 amide bonds. The fourth-order valence-corrected chi connectivity index (χ4v) is 7.09. The minimum atomic E-state index is 0.0341. The van der Waals surface area contributed by atoms with Gasteiger partial charge in [-0.05, 0) is 49.3 Å². The van der Waals surface area contributed by atoms with Crippen molar-refractivity contribution in [2.45, 2.75) is 69.9 Å². The molecule has 162 valence electrons. The number of benzene rings is 1. The molecule has 0 saturated heterocycles. The van der Waals surface area contributed by atoms with Crippen molar-refractivity contribution in [2.75, 3.05) is 5.75 Å². The van der Waals surface area contributed by atoms with Gasteiger partial charge in [-0.3, -0.25) is 4.79 Å². The van der Waals surface area contributed by atoms with Crippen molar-refractivity contribution in [1.82, 2.24) is 19.2 Å². The number of thioether (sulfide) groups is 1. The topological polar surface area (TPSA) is 52.2 Å². The third-order valence-corrected chi connectivity index (χ3v) is 8.48. The predicted octanol–water partition coefficient (Wildman–Crippen LogP) is 6.21. The Morgan fingerprint density at radius 3 is 2.81 bits per heavy atom. The van der Waals surface area contributed by atoms with E-state index in [4.69, 9.17) is 0 Å². The van der Waals surface area contributed by atoms with E-state index in [-0.39, 0.29) is 5.56 Å². The molecule has 0 spiro atoms. The summed E-state index contributed by atoms with van der Waals surface area (Å²) in [6, 6.07) is 9.85.